The van der Waals surface area contributed by atoms with E-state index in [1.807, 2.05) is 12.1 Å². The predicted octanol–water partition coefficient (Wildman–Crippen LogP) is 4.25. The van der Waals surface area contributed by atoms with Gasteiger partial charge in [0.2, 0.25) is 11.8 Å². The van der Waals surface area contributed by atoms with E-state index in [1.165, 1.54) is 5.19 Å². The van der Waals surface area contributed by atoms with Crippen LogP contribution in [0.4, 0.5) is 22.1 Å². The second-order valence-corrected chi connectivity index (χ2v) is 13.3. The first-order valence-electron chi connectivity index (χ1n) is 10.5. The summed E-state index contributed by atoms with van der Waals surface area (Å²) in [7, 11) is -1.36. The fourth-order valence-corrected chi connectivity index (χ4v) is 4.00. The zero-order chi connectivity index (χ0) is 23.0. The summed E-state index contributed by atoms with van der Waals surface area (Å²) in [5.74, 6) is 1.41. The standard InChI is InChI=1S/C23H29N5O3Si/c1-32(2,3)20-11-7-18(8-12-20)27-23(30)26-17-5-9-19(10-6-17)31-21-13-15-25-22(28-21)24-14-4-16-29/h5-13,15,29H,4,14,16H2,1-3H3,(H,24,25,28)(H2,26,27,30). The number of carbonyl (C=O) groups excluding carboxylic acids is 1. The Labute approximate surface area is 189 Å². The molecule has 0 saturated carbocycles. The van der Waals surface area contributed by atoms with Gasteiger partial charge >= 0.3 is 6.03 Å². The van der Waals surface area contributed by atoms with E-state index in [0.29, 0.717) is 36.2 Å². The summed E-state index contributed by atoms with van der Waals surface area (Å²) in [5.41, 5.74) is 1.39. The molecule has 0 atom stereocenters. The van der Waals surface area contributed by atoms with Crippen molar-refractivity contribution in [2.75, 3.05) is 29.1 Å². The van der Waals surface area contributed by atoms with Crippen molar-refractivity contribution in [2.45, 2.75) is 26.1 Å². The largest absolute Gasteiger partial charge is 0.439 e. The molecule has 2 amide bonds. The highest BCUT2D eigenvalue weighted by Crippen LogP contribution is 2.22. The Kier molecular flexibility index (Phi) is 7.80. The van der Waals surface area contributed by atoms with Gasteiger partial charge in [-0.05, 0) is 42.8 Å². The highest BCUT2D eigenvalue weighted by molar-refractivity contribution is 6.88. The number of nitrogens with zero attached hydrogens (tertiary/aromatic N) is 2. The number of carbonyl (C=O) groups is 1. The minimum absolute atomic E-state index is 0.104. The van der Waals surface area contributed by atoms with Crippen molar-refractivity contribution in [3.63, 3.8) is 0 Å². The van der Waals surface area contributed by atoms with Crippen LogP contribution in [0.5, 0.6) is 11.6 Å². The number of rotatable bonds is 9. The van der Waals surface area contributed by atoms with E-state index in [2.05, 4.69) is 57.7 Å². The molecule has 0 unspecified atom stereocenters. The van der Waals surface area contributed by atoms with E-state index in [4.69, 9.17) is 9.84 Å². The van der Waals surface area contributed by atoms with E-state index >= 15 is 0 Å². The maximum absolute atomic E-state index is 12.3. The zero-order valence-electron chi connectivity index (χ0n) is 18.6. The number of aliphatic hydroxyl groups excluding tert-OH is 1. The minimum Gasteiger partial charge on any atom is -0.439 e. The second kappa shape index (κ2) is 10.7. The molecule has 0 aliphatic carbocycles. The summed E-state index contributed by atoms with van der Waals surface area (Å²) in [6.07, 6.45) is 2.21. The smallest absolute Gasteiger partial charge is 0.323 e. The van der Waals surface area contributed by atoms with E-state index in [1.54, 1.807) is 36.5 Å². The van der Waals surface area contributed by atoms with Gasteiger partial charge in [-0.1, -0.05) is 37.0 Å². The Balaban J connectivity index is 1.53. The molecule has 0 aliphatic rings. The van der Waals surface area contributed by atoms with Crippen molar-refractivity contribution >= 4 is 36.6 Å². The molecule has 3 aromatic rings. The lowest BCUT2D eigenvalue weighted by Gasteiger charge is -2.17. The average Bonchev–Trinajstić information content (AvgIpc) is 2.75. The maximum atomic E-state index is 12.3. The molecule has 168 valence electrons. The van der Waals surface area contributed by atoms with Gasteiger partial charge in [0, 0.05) is 36.8 Å². The van der Waals surface area contributed by atoms with Crippen LogP contribution in [0.25, 0.3) is 0 Å². The second-order valence-electron chi connectivity index (χ2n) is 8.26. The third kappa shape index (κ3) is 7.07. The fourth-order valence-electron chi connectivity index (χ4n) is 2.84. The van der Waals surface area contributed by atoms with Crippen LogP contribution in [0.3, 0.4) is 0 Å². The van der Waals surface area contributed by atoms with Crippen molar-refractivity contribution in [3.05, 3.63) is 60.8 Å². The summed E-state index contributed by atoms with van der Waals surface area (Å²) in [4.78, 5) is 20.7. The van der Waals surface area contributed by atoms with Gasteiger partial charge in [0.25, 0.3) is 0 Å². The minimum atomic E-state index is -1.36. The van der Waals surface area contributed by atoms with Crippen LogP contribution < -0.4 is 25.9 Å². The van der Waals surface area contributed by atoms with Crippen molar-refractivity contribution in [1.29, 1.82) is 0 Å². The number of amides is 2. The van der Waals surface area contributed by atoms with Crippen molar-refractivity contribution in [1.82, 2.24) is 9.97 Å². The molecule has 2 aromatic carbocycles. The Morgan fingerprint density at radius 2 is 1.59 bits per heavy atom. The third-order valence-electron chi connectivity index (χ3n) is 4.59. The lowest BCUT2D eigenvalue weighted by atomic mass is 10.3. The molecule has 0 fully saturated rings. The predicted molar refractivity (Wildman–Crippen MR) is 131 cm³/mol. The molecule has 0 saturated heterocycles. The topological polar surface area (TPSA) is 108 Å². The number of benzene rings is 2. The first kappa shape index (κ1) is 23.2. The van der Waals surface area contributed by atoms with Gasteiger partial charge in [0.1, 0.15) is 5.75 Å². The third-order valence-corrected chi connectivity index (χ3v) is 6.66. The molecule has 32 heavy (non-hydrogen) atoms. The molecule has 0 radical (unpaired) electrons. The summed E-state index contributed by atoms with van der Waals surface area (Å²) >= 11 is 0. The number of hydrogen-bond acceptors (Lipinski definition) is 6. The Morgan fingerprint density at radius 3 is 2.19 bits per heavy atom. The zero-order valence-corrected chi connectivity index (χ0v) is 19.6. The summed E-state index contributed by atoms with van der Waals surface area (Å²) < 4.78 is 5.75. The Morgan fingerprint density at radius 1 is 0.969 bits per heavy atom. The van der Waals surface area contributed by atoms with Gasteiger partial charge in [0.15, 0.2) is 0 Å². The lowest BCUT2D eigenvalue weighted by Crippen LogP contribution is -2.37. The van der Waals surface area contributed by atoms with Gasteiger partial charge in [0.05, 0.1) is 8.07 Å². The number of urea groups is 1. The van der Waals surface area contributed by atoms with Crippen LogP contribution in [0.2, 0.25) is 19.6 Å². The Bertz CT molecular complexity index is 1020. The van der Waals surface area contributed by atoms with E-state index in [-0.39, 0.29) is 12.6 Å². The number of aliphatic hydroxyl groups is 1. The van der Waals surface area contributed by atoms with Crippen LogP contribution in [-0.4, -0.2) is 42.3 Å². The van der Waals surface area contributed by atoms with Gasteiger partial charge < -0.3 is 25.8 Å². The van der Waals surface area contributed by atoms with Crippen molar-refractivity contribution in [3.8, 4) is 11.6 Å². The van der Waals surface area contributed by atoms with Crippen LogP contribution in [0, 0.1) is 0 Å². The number of ether oxygens (including phenoxy) is 1. The first-order chi connectivity index (χ1) is 15.3. The average molecular weight is 452 g/mol. The molecule has 4 N–H and O–H groups in total. The molecule has 8 nitrogen and oxygen atoms in total. The normalized spacial score (nSPS) is 11.0. The van der Waals surface area contributed by atoms with Gasteiger partial charge in [-0.3, -0.25) is 0 Å². The molecule has 3 rings (SSSR count). The van der Waals surface area contributed by atoms with Gasteiger partial charge in [-0.2, -0.15) is 4.98 Å². The SMILES string of the molecule is C[Si](C)(C)c1ccc(NC(=O)Nc2ccc(Oc3ccnc(NCCCO)n3)cc2)cc1. The van der Waals surface area contributed by atoms with Crippen LogP contribution in [0.1, 0.15) is 6.42 Å². The fraction of sp³-hybridized carbons (Fsp3) is 0.261. The number of aromatic nitrogens is 2. The van der Waals surface area contributed by atoms with E-state index in [9.17, 15) is 4.79 Å². The van der Waals surface area contributed by atoms with E-state index < -0.39 is 8.07 Å². The molecule has 1 heterocycles. The molecular formula is C23H29N5O3Si. The lowest BCUT2D eigenvalue weighted by molar-refractivity contribution is 0.262. The Hall–Kier alpha value is -3.43. The highest BCUT2D eigenvalue weighted by Gasteiger charge is 2.15. The highest BCUT2D eigenvalue weighted by atomic mass is 28.3. The summed E-state index contributed by atoms with van der Waals surface area (Å²) in [6.45, 7) is 7.54. The van der Waals surface area contributed by atoms with Gasteiger partial charge in [-0.15, -0.1) is 0 Å². The molecule has 9 heteroatoms. The van der Waals surface area contributed by atoms with E-state index in [0.717, 1.165) is 5.69 Å². The summed E-state index contributed by atoms with van der Waals surface area (Å²) in [5, 5.41) is 18.9. The van der Waals surface area contributed by atoms with Gasteiger partial charge in [-0.25, -0.2) is 9.78 Å². The van der Waals surface area contributed by atoms with Crippen LogP contribution >= 0.6 is 0 Å². The van der Waals surface area contributed by atoms with Crippen molar-refractivity contribution in [2.24, 2.45) is 0 Å². The maximum Gasteiger partial charge on any atom is 0.323 e. The summed E-state index contributed by atoms with van der Waals surface area (Å²) in [6, 6.07) is 16.4. The number of anilines is 3. The number of nitrogens with one attached hydrogen (secondary N) is 3. The van der Waals surface area contributed by atoms with Crippen LogP contribution in [0.15, 0.2) is 60.8 Å². The van der Waals surface area contributed by atoms with Crippen molar-refractivity contribution < 1.29 is 14.6 Å². The van der Waals surface area contributed by atoms with Crippen LogP contribution in [-0.2, 0) is 0 Å². The quantitative estimate of drug-likeness (QED) is 0.286. The molecular weight excluding hydrogens is 422 g/mol. The number of hydrogen-bond donors (Lipinski definition) is 4. The molecule has 0 spiro atoms. The molecule has 0 aliphatic heterocycles. The molecule has 0 bridgehead atoms. The molecule has 1 aromatic heterocycles. The first-order valence-corrected chi connectivity index (χ1v) is 14.0. The monoisotopic (exact) mass is 451 g/mol.